The smallest absolute Gasteiger partial charge is 0.307 e. The largest absolute Gasteiger partial charge is 0.481 e. The Morgan fingerprint density at radius 2 is 2.14 bits per heavy atom. The van der Waals surface area contributed by atoms with Gasteiger partial charge in [-0.2, -0.15) is 0 Å². The van der Waals surface area contributed by atoms with Gasteiger partial charge in [0.2, 0.25) is 0 Å². The number of anilines is 1. The van der Waals surface area contributed by atoms with E-state index in [2.05, 4.69) is 10.2 Å². The van der Waals surface area contributed by atoms with Crippen LogP contribution in [0.1, 0.15) is 18.0 Å². The van der Waals surface area contributed by atoms with Gasteiger partial charge in [0.15, 0.2) is 0 Å². The van der Waals surface area contributed by atoms with E-state index in [-0.39, 0.29) is 12.0 Å². The first kappa shape index (κ1) is 14.6. The molecule has 0 saturated carbocycles. The van der Waals surface area contributed by atoms with E-state index in [1.54, 1.807) is 0 Å². The summed E-state index contributed by atoms with van der Waals surface area (Å²) in [6, 6.07) is 5.91. The molecule has 0 radical (unpaired) electrons. The molecule has 2 heterocycles. The van der Waals surface area contributed by atoms with Gasteiger partial charge in [0.25, 0.3) is 0 Å². The van der Waals surface area contributed by atoms with Crippen LogP contribution < -0.4 is 10.2 Å². The topological polar surface area (TPSA) is 61.8 Å². The summed E-state index contributed by atoms with van der Waals surface area (Å²) >= 11 is 6.15. The van der Waals surface area contributed by atoms with Crippen LogP contribution in [0.5, 0.6) is 0 Å². The van der Waals surface area contributed by atoms with E-state index in [1.165, 1.54) is 0 Å². The number of carboxylic acid groups (broad SMARTS) is 1. The van der Waals surface area contributed by atoms with E-state index in [0.717, 1.165) is 37.6 Å². The molecule has 2 N–H and O–H groups in total. The number of halogens is 1. The number of carboxylic acids is 1. The molecule has 0 amide bonds. The molecule has 2 atom stereocenters. The van der Waals surface area contributed by atoms with Crippen LogP contribution in [0.4, 0.5) is 5.69 Å². The average Bonchev–Trinajstić information content (AvgIpc) is 2.98. The van der Waals surface area contributed by atoms with Crippen molar-refractivity contribution in [3.8, 4) is 0 Å². The normalized spacial score (nSPS) is 26.0. The summed E-state index contributed by atoms with van der Waals surface area (Å²) in [4.78, 5) is 13.4. The molecule has 5 nitrogen and oxygen atoms in total. The third kappa shape index (κ3) is 3.15. The monoisotopic (exact) mass is 310 g/mol. The fraction of sp³-hybridized carbons (Fsp3) is 0.533. The minimum atomic E-state index is -0.736. The van der Waals surface area contributed by atoms with Gasteiger partial charge in [0.1, 0.15) is 0 Å². The summed E-state index contributed by atoms with van der Waals surface area (Å²) in [6.07, 6.45) is 0.604. The molecule has 1 aromatic rings. The number of aliphatic carboxylic acids is 1. The highest BCUT2D eigenvalue weighted by Crippen LogP contribution is 2.35. The number of morpholine rings is 1. The number of hydrogen-bond acceptors (Lipinski definition) is 4. The quantitative estimate of drug-likeness (QED) is 0.893. The Labute approximate surface area is 128 Å². The van der Waals surface area contributed by atoms with Crippen molar-refractivity contribution >= 4 is 23.3 Å². The predicted octanol–water partition coefficient (Wildman–Crippen LogP) is 1.91. The lowest BCUT2D eigenvalue weighted by molar-refractivity contribution is -0.141. The molecule has 1 aromatic carbocycles. The second-order valence-electron chi connectivity index (χ2n) is 5.53. The van der Waals surface area contributed by atoms with Crippen molar-refractivity contribution in [2.45, 2.75) is 12.5 Å². The van der Waals surface area contributed by atoms with E-state index < -0.39 is 5.97 Å². The Bertz CT molecular complexity index is 532. The number of nitrogens with one attached hydrogen (secondary N) is 1. The van der Waals surface area contributed by atoms with Crippen LogP contribution in [0, 0.1) is 5.92 Å². The van der Waals surface area contributed by atoms with E-state index in [1.807, 2.05) is 18.2 Å². The lowest BCUT2D eigenvalue weighted by atomic mass is 9.98. The maximum absolute atomic E-state index is 11.1. The Morgan fingerprint density at radius 1 is 1.38 bits per heavy atom. The summed E-state index contributed by atoms with van der Waals surface area (Å²) in [7, 11) is 0. The van der Waals surface area contributed by atoms with Gasteiger partial charge in [-0.25, -0.2) is 0 Å². The van der Waals surface area contributed by atoms with Crippen molar-refractivity contribution in [3.63, 3.8) is 0 Å². The molecule has 3 rings (SSSR count). The van der Waals surface area contributed by atoms with Crippen molar-refractivity contribution in [3.05, 3.63) is 28.8 Å². The number of hydrogen-bond donors (Lipinski definition) is 2. The van der Waals surface area contributed by atoms with Gasteiger partial charge >= 0.3 is 5.97 Å². The standard InChI is InChI=1S/C15H19ClN2O3/c16-11-1-2-14(18-3-5-21-6-4-18)12(8-11)13-7-10(9-17-13)15(19)20/h1-2,8,10,13,17H,3-7,9H2,(H,19,20). The minimum Gasteiger partial charge on any atom is -0.481 e. The number of benzene rings is 1. The van der Waals surface area contributed by atoms with Gasteiger partial charge in [-0.3, -0.25) is 4.79 Å². The highest BCUT2D eigenvalue weighted by Gasteiger charge is 2.32. The van der Waals surface area contributed by atoms with Crippen molar-refractivity contribution in [2.24, 2.45) is 5.92 Å². The van der Waals surface area contributed by atoms with Crippen molar-refractivity contribution in [1.82, 2.24) is 5.32 Å². The zero-order chi connectivity index (χ0) is 14.8. The number of ether oxygens (including phenoxy) is 1. The second kappa shape index (κ2) is 6.22. The van der Waals surface area contributed by atoms with Crippen LogP contribution in [0.25, 0.3) is 0 Å². The molecule has 2 fully saturated rings. The van der Waals surface area contributed by atoms with Crippen molar-refractivity contribution in [1.29, 1.82) is 0 Å². The third-order valence-corrected chi connectivity index (χ3v) is 4.43. The van der Waals surface area contributed by atoms with Gasteiger partial charge in [-0.1, -0.05) is 11.6 Å². The van der Waals surface area contributed by atoms with Gasteiger partial charge in [0.05, 0.1) is 19.1 Å². The molecule has 2 unspecified atom stereocenters. The van der Waals surface area contributed by atoms with E-state index in [0.29, 0.717) is 18.0 Å². The molecule has 0 bridgehead atoms. The van der Waals surface area contributed by atoms with Crippen LogP contribution in [0.15, 0.2) is 18.2 Å². The van der Waals surface area contributed by atoms with Crippen LogP contribution in [-0.2, 0) is 9.53 Å². The number of nitrogens with zero attached hydrogens (tertiary/aromatic N) is 1. The molecule has 2 saturated heterocycles. The summed E-state index contributed by atoms with van der Waals surface area (Å²) in [5.74, 6) is -1.06. The highest BCUT2D eigenvalue weighted by molar-refractivity contribution is 6.30. The van der Waals surface area contributed by atoms with E-state index >= 15 is 0 Å². The Kier molecular flexibility index (Phi) is 4.33. The van der Waals surface area contributed by atoms with Gasteiger partial charge in [0, 0.05) is 36.4 Å². The van der Waals surface area contributed by atoms with Gasteiger partial charge in [-0.15, -0.1) is 0 Å². The fourth-order valence-electron chi connectivity index (χ4n) is 3.06. The molecule has 0 spiro atoms. The minimum absolute atomic E-state index is 0.0441. The Hall–Kier alpha value is -1.30. The number of rotatable bonds is 3. The molecule has 6 heteroatoms. The summed E-state index contributed by atoms with van der Waals surface area (Å²) in [5, 5.41) is 13.2. The predicted molar refractivity (Wildman–Crippen MR) is 81.0 cm³/mol. The lowest BCUT2D eigenvalue weighted by Gasteiger charge is -2.32. The van der Waals surface area contributed by atoms with Gasteiger partial charge < -0.3 is 20.1 Å². The van der Waals surface area contributed by atoms with E-state index in [4.69, 9.17) is 21.4 Å². The highest BCUT2D eigenvalue weighted by atomic mass is 35.5. The second-order valence-corrected chi connectivity index (χ2v) is 5.97. The molecule has 21 heavy (non-hydrogen) atoms. The Morgan fingerprint density at radius 3 is 2.81 bits per heavy atom. The molecule has 2 aliphatic rings. The van der Waals surface area contributed by atoms with Gasteiger partial charge in [-0.05, 0) is 30.2 Å². The maximum atomic E-state index is 11.1. The first-order chi connectivity index (χ1) is 10.1. The van der Waals surface area contributed by atoms with Crippen LogP contribution >= 0.6 is 11.6 Å². The molecule has 114 valence electrons. The summed E-state index contributed by atoms with van der Waals surface area (Å²) < 4.78 is 5.40. The molecule has 2 aliphatic heterocycles. The maximum Gasteiger partial charge on any atom is 0.307 e. The zero-order valence-corrected chi connectivity index (χ0v) is 12.5. The molecular formula is C15H19ClN2O3. The van der Waals surface area contributed by atoms with Crippen molar-refractivity contribution < 1.29 is 14.6 Å². The first-order valence-electron chi connectivity index (χ1n) is 7.23. The average molecular weight is 311 g/mol. The van der Waals surface area contributed by atoms with Crippen LogP contribution in [0.3, 0.4) is 0 Å². The number of carbonyl (C=O) groups is 1. The van der Waals surface area contributed by atoms with Crippen molar-refractivity contribution in [2.75, 3.05) is 37.7 Å². The van der Waals surface area contributed by atoms with Crippen LogP contribution in [-0.4, -0.2) is 43.9 Å². The Balaban J connectivity index is 1.86. The SMILES string of the molecule is O=C(O)C1CNC(c2cc(Cl)ccc2N2CCOCC2)C1. The molecule has 0 aromatic heterocycles. The first-order valence-corrected chi connectivity index (χ1v) is 7.61. The molecular weight excluding hydrogens is 292 g/mol. The lowest BCUT2D eigenvalue weighted by Crippen LogP contribution is -2.37. The van der Waals surface area contributed by atoms with E-state index in [9.17, 15) is 4.79 Å². The summed E-state index contributed by atoms with van der Waals surface area (Å²) in [6.45, 7) is 3.65. The summed E-state index contributed by atoms with van der Waals surface area (Å²) in [5.41, 5.74) is 2.22. The fourth-order valence-corrected chi connectivity index (χ4v) is 3.24. The zero-order valence-electron chi connectivity index (χ0n) is 11.7. The molecule has 0 aliphatic carbocycles. The third-order valence-electron chi connectivity index (χ3n) is 4.20. The van der Waals surface area contributed by atoms with Crippen LogP contribution in [0.2, 0.25) is 5.02 Å².